The number of carbonyl (C=O) groups is 2. The first kappa shape index (κ1) is 13.7. The molecule has 0 radical (unpaired) electrons. The van der Waals surface area contributed by atoms with E-state index in [1.165, 1.54) is 4.90 Å². The van der Waals surface area contributed by atoms with Crippen molar-refractivity contribution in [2.45, 2.75) is 45.8 Å². The van der Waals surface area contributed by atoms with Crippen LogP contribution in [0.5, 0.6) is 0 Å². The molecular weight excluding hydrogens is 244 g/mol. The van der Waals surface area contributed by atoms with Crippen LogP contribution in [0.4, 0.5) is 0 Å². The second-order valence-electron chi connectivity index (χ2n) is 4.86. The zero-order chi connectivity index (χ0) is 14.0. The van der Waals surface area contributed by atoms with E-state index in [0.717, 1.165) is 17.9 Å². The molecule has 6 nitrogen and oxygen atoms in total. The van der Waals surface area contributed by atoms with Gasteiger partial charge in [-0.2, -0.15) is 5.10 Å². The Morgan fingerprint density at radius 2 is 2.21 bits per heavy atom. The summed E-state index contributed by atoms with van der Waals surface area (Å²) < 4.78 is 1.92. The summed E-state index contributed by atoms with van der Waals surface area (Å²) in [6, 6.07) is 1.74. The summed E-state index contributed by atoms with van der Waals surface area (Å²) in [5.74, 6) is -0.243. The van der Waals surface area contributed by atoms with Crippen molar-refractivity contribution in [1.29, 1.82) is 0 Å². The molecule has 0 aliphatic carbocycles. The Morgan fingerprint density at radius 3 is 2.89 bits per heavy atom. The van der Waals surface area contributed by atoms with E-state index in [-0.39, 0.29) is 17.9 Å². The standard InChI is InChI=1S/C13H20N4O2/c1-4-17-10(7-9(2)15-17)8-14-11-5-6-12(18)16(3)13(11)19/h7,11,14H,4-6,8H2,1-3H3. The number of hydrogen-bond donors (Lipinski definition) is 1. The Hall–Kier alpha value is -1.69. The predicted molar refractivity (Wildman–Crippen MR) is 70.3 cm³/mol. The van der Waals surface area contributed by atoms with Gasteiger partial charge in [-0.25, -0.2) is 0 Å². The van der Waals surface area contributed by atoms with Gasteiger partial charge in [-0.1, -0.05) is 0 Å². The number of nitrogens with one attached hydrogen (secondary N) is 1. The van der Waals surface area contributed by atoms with E-state index in [4.69, 9.17) is 0 Å². The molecule has 1 saturated heterocycles. The number of imide groups is 1. The van der Waals surface area contributed by atoms with E-state index in [2.05, 4.69) is 10.4 Å². The number of amides is 2. The highest BCUT2D eigenvalue weighted by atomic mass is 16.2. The molecule has 104 valence electrons. The first-order valence-electron chi connectivity index (χ1n) is 6.60. The number of hydrogen-bond acceptors (Lipinski definition) is 4. The van der Waals surface area contributed by atoms with Crippen molar-refractivity contribution in [2.75, 3.05) is 7.05 Å². The van der Waals surface area contributed by atoms with Crippen LogP contribution in [0, 0.1) is 6.92 Å². The average Bonchev–Trinajstić information content (AvgIpc) is 2.75. The van der Waals surface area contributed by atoms with Gasteiger partial charge in [-0.3, -0.25) is 19.2 Å². The van der Waals surface area contributed by atoms with Gasteiger partial charge in [0.15, 0.2) is 0 Å². The molecule has 0 aromatic carbocycles. The monoisotopic (exact) mass is 264 g/mol. The van der Waals surface area contributed by atoms with Gasteiger partial charge >= 0.3 is 0 Å². The molecule has 1 N–H and O–H groups in total. The van der Waals surface area contributed by atoms with Crippen molar-refractivity contribution in [2.24, 2.45) is 0 Å². The van der Waals surface area contributed by atoms with Crippen molar-refractivity contribution in [3.8, 4) is 0 Å². The molecule has 1 aliphatic rings. The molecule has 1 fully saturated rings. The van der Waals surface area contributed by atoms with Gasteiger partial charge < -0.3 is 5.32 Å². The number of likely N-dealkylation sites (N-methyl/N-ethyl adjacent to an activating group) is 1. The fourth-order valence-corrected chi connectivity index (χ4v) is 2.35. The lowest BCUT2D eigenvalue weighted by Crippen LogP contribution is -2.51. The van der Waals surface area contributed by atoms with Crippen molar-refractivity contribution >= 4 is 11.8 Å². The number of piperidine rings is 1. The normalized spacial score (nSPS) is 20.2. The Morgan fingerprint density at radius 1 is 1.47 bits per heavy atom. The van der Waals surface area contributed by atoms with Crippen LogP contribution in [-0.2, 0) is 22.7 Å². The van der Waals surface area contributed by atoms with E-state index in [9.17, 15) is 9.59 Å². The molecule has 2 rings (SSSR count). The van der Waals surface area contributed by atoms with Crippen LogP contribution >= 0.6 is 0 Å². The summed E-state index contributed by atoms with van der Waals surface area (Å²) in [6.45, 7) is 5.39. The minimum Gasteiger partial charge on any atom is -0.300 e. The lowest BCUT2D eigenvalue weighted by molar-refractivity contribution is -0.148. The Kier molecular flexibility index (Phi) is 3.99. The van der Waals surface area contributed by atoms with Crippen molar-refractivity contribution in [1.82, 2.24) is 20.0 Å². The Bertz CT molecular complexity index is 495. The van der Waals surface area contributed by atoms with Gasteiger partial charge in [-0.05, 0) is 26.3 Å². The minimum atomic E-state index is -0.275. The third kappa shape index (κ3) is 2.84. The molecule has 2 heterocycles. The highest BCUT2D eigenvalue weighted by Gasteiger charge is 2.31. The largest absolute Gasteiger partial charge is 0.300 e. The van der Waals surface area contributed by atoms with Crippen LogP contribution in [0.25, 0.3) is 0 Å². The molecule has 1 aromatic heterocycles. The maximum absolute atomic E-state index is 11.9. The maximum Gasteiger partial charge on any atom is 0.246 e. The summed E-state index contributed by atoms with van der Waals surface area (Å²) >= 11 is 0. The highest BCUT2D eigenvalue weighted by Crippen LogP contribution is 2.12. The third-order valence-corrected chi connectivity index (χ3v) is 3.46. The van der Waals surface area contributed by atoms with Crippen LogP contribution in [0.15, 0.2) is 6.07 Å². The fraction of sp³-hybridized carbons (Fsp3) is 0.615. The van der Waals surface area contributed by atoms with Crippen LogP contribution in [0.3, 0.4) is 0 Å². The van der Waals surface area contributed by atoms with Gasteiger partial charge in [-0.15, -0.1) is 0 Å². The summed E-state index contributed by atoms with van der Waals surface area (Å²) in [6.07, 6.45) is 0.993. The van der Waals surface area contributed by atoms with Crippen LogP contribution < -0.4 is 5.32 Å². The number of nitrogens with zero attached hydrogens (tertiary/aromatic N) is 3. The third-order valence-electron chi connectivity index (χ3n) is 3.46. The number of aryl methyl sites for hydroxylation is 2. The summed E-state index contributed by atoms with van der Waals surface area (Å²) in [7, 11) is 1.54. The molecule has 19 heavy (non-hydrogen) atoms. The Labute approximate surface area is 112 Å². The molecule has 1 aliphatic heterocycles. The van der Waals surface area contributed by atoms with Crippen LogP contribution in [0.1, 0.15) is 31.2 Å². The number of rotatable bonds is 4. The second-order valence-corrected chi connectivity index (χ2v) is 4.86. The maximum atomic E-state index is 11.9. The average molecular weight is 264 g/mol. The summed E-state index contributed by atoms with van der Waals surface area (Å²) in [4.78, 5) is 24.5. The van der Waals surface area contributed by atoms with Gasteiger partial charge in [0.05, 0.1) is 17.4 Å². The summed E-state index contributed by atoms with van der Waals surface area (Å²) in [5.41, 5.74) is 2.04. The predicted octanol–water partition coefficient (Wildman–Crippen LogP) is 0.448. The van der Waals surface area contributed by atoms with Crippen molar-refractivity contribution in [3.05, 3.63) is 17.5 Å². The first-order valence-corrected chi connectivity index (χ1v) is 6.60. The first-order chi connectivity index (χ1) is 9.02. The molecule has 6 heteroatoms. The van der Waals surface area contributed by atoms with Crippen molar-refractivity contribution in [3.63, 3.8) is 0 Å². The molecular formula is C13H20N4O2. The summed E-state index contributed by atoms with van der Waals surface area (Å²) in [5, 5.41) is 7.59. The van der Waals surface area contributed by atoms with E-state index < -0.39 is 0 Å². The van der Waals surface area contributed by atoms with E-state index in [1.54, 1.807) is 7.05 Å². The zero-order valence-electron chi connectivity index (χ0n) is 11.6. The minimum absolute atomic E-state index is 0.0995. The SMILES string of the molecule is CCn1nc(C)cc1CNC1CCC(=O)N(C)C1=O. The molecule has 0 spiro atoms. The van der Waals surface area contributed by atoms with Crippen LogP contribution in [-0.4, -0.2) is 39.6 Å². The van der Waals surface area contributed by atoms with E-state index in [1.807, 2.05) is 24.6 Å². The molecule has 1 aromatic rings. The molecule has 1 atom stereocenters. The van der Waals surface area contributed by atoms with Gasteiger partial charge in [0, 0.05) is 26.6 Å². The van der Waals surface area contributed by atoms with Crippen molar-refractivity contribution < 1.29 is 9.59 Å². The lowest BCUT2D eigenvalue weighted by Gasteiger charge is -2.28. The van der Waals surface area contributed by atoms with Gasteiger partial charge in [0.2, 0.25) is 11.8 Å². The highest BCUT2D eigenvalue weighted by molar-refractivity contribution is 6.00. The molecule has 2 amide bonds. The van der Waals surface area contributed by atoms with Crippen LogP contribution in [0.2, 0.25) is 0 Å². The topological polar surface area (TPSA) is 67.2 Å². The second kappa shape index (κ2) is 5.52. The molecule has 1 unspecified atom stereocenters. The van der Waals surface area contributed by atoms with E-state index in [0.29, 0.717) is 19.4 Å². The Balaban J connectivity index is 1.98. The van der Waals surface area contributed by atoms with E-state index >= 15 is 0 Å². The van der Waals surface area contributed by atoms with Gasteiger partial charge in [0.1, 0.15) is 0 Å². The molecule has 0 saturated carbocycles. The quantitative estimate of drug-likeness (QED) is 0.802. The zero-order valence-corrected chi connectivity index (χ0v) is 11.6. The molecule has 0 bridgehead atoms. The number of carbonyl (C=O) groups excluding carboxylic acids is 2. The lowest BCUT2D eigenvalue weighted by atomic mass is 10.0. The fourth-order valence-electron chi connectivity index (χ4n) is 2.35. The smallest absolute Gasteiger partial charge is 0.246 e. The number of likely N-dealkylation sites (tertiary alicyclic amines) is 1. The van der Waals surface area contributed by atoms with Gasteiger partial charge in [0.25, 0.3) is 0 Å². The number of aromatic nitrogens is 2.